The van der Waals surface area contributed by atoms with Gasteiger partial charge in [-0.15, -0.1) is 10.2 Å². The van der Waals surface area contributed by atoms with Gasteiger partial charge < -0.3 is 15.0 Å². The van der Waals surface area contributed by atoms with Gasteiger partial charge in [-0.25, -0.2) is 0 Å². The normalized spacial score (nSPS) is 13.7. The molecule has 0 radical (unpaired) electrons. The molecule has 33 heavy (non-hydrogen) atoms. The first kappa shape index (κ1) is 21.3. The predicted molar refractivity (Wildman–Crippen MR) is 127 cm³/mol. The van der Waals surface area contributed by atoms with Gasteiger partial charge in [-0.2, -0.15) is 0 Å². The van der Waals surface area contributed by atoms with Crippen LogP contribution in [0.5, 0.6) is 5.75 Å². The van der Waals surface area contributed by atoms with Crippen LogP contribution in [-0.2, 0) is 16.1 Å². The number of aromatic nitrogens is 4. The molecule has 2 aromatic heterocycles. The number of amides is 2. The number of fused-ring (bicyclic) bond motifs is 3. The summed E-state index contributed by atoms with van der Waals surface area (Å²) in [5.41, 5.74) is 2.43. The maximum atomic E-state index is 12.8. The molecule has 0 spiro atoms. The molecule has 2 aromatic carbocycles. The monoisotopic (exact) mass is 464 g/mol. The number of nitrogens with one attached hydrogen (secondary N) is 1. The summed E-state index contributed by atoms with van der Waals surface area (Å²) in [4.78, 5) is 27.3. The average Bonchev–Trinajstić information content (AvgIpc) is 3.57. The second-order valence-corrected chi connectivity index (χ2v) is 8.76. The van der Waals surface area contributed by atoms with Crippen LogP contribution in [0.1, 0.15) is 12.8 Å². The SMILES string of the molecule is COc1ccccc1NC(=O)CSc1nnc2n(CC(=O)N3CCCC3)c3ccccc3n12. The Balaban J connectivity index is 1.38. The summed E-state index contributed by atoms with van der Waals surface area (Å²) in [7, 11) is 1.57. The summed E-state index contributed by atoms with van der Waals surface area (Å²) in [5.74, 6) is 1.27. The molecule has 9 nitrogen and oxygen atoms in total. The lowest BCUT2D eigenvalue weighted by Gasteiger charge is -2.15. The minimum absolute atomic E-state index is 0.0872. The molecule has 1 aliphatic rings. The number of ether oxygens (including phenoxy) is 1. The molecule has 10 heteroatoms. The third-order valence-electron chi connectivity index (χ3n) is 5.74. The zero-order valence-corrected chi connectivity index (χ0v) is 19.0. The van der Waals surface area contributed by atoms with Crippen LogP contribution in [0.3, 0.4) is 0 Å². The highest BCUT2D eigenvalue weighted by Gasteiger charge is 2.23. The van der Waals surface area contributed by atoms with E-state index in [1.165, 1.54) is 11.8 Å². The fourth-order valence-corrected chi connectivity index (χ4v) is 4.89. The van der Waals surface area contributed by atoms with Crippen LogP contribution in [0.15, 0.2) is 53.7 Å². The van der Waals surface area contributed by atoms with E-state index in [0.29, 0.717) is 22.4 Å². The molecule has 0 saturated carbocycles. The van der Waals surface area contributed by atoms with E-state index in [1.54, 1.807) is 19.2 Å². The standard InChI is InChI=1S/C23H24N6O3S/c1-32-19-11-5-2-8-16(19)24-20(30)15-33-23-26-25-22-28(14-21(31)27-12-6-7-13-27)17-9-3-4-10-18(17)29(22)23/h2-5,8-11H,6-7,12-15H2,1H3,(H,24,30). The number of carbonyl (C=O) groups is 2. The average molecular weight is 465 g/mol. The molecule has 1 fully saturated rings. The molecule has 0 atom stereocenters. The van der Waals surface area contributed by atoms with Crippen LogP contribution in [-0.4, -0.2) is 61.8 Å². The number of benzene rings is 2. The van der Waals surface area contributed by atoms with Gasteiger partial charge in [0.15, 0.2) is 5.16 Å². The minimum Gasteiger partial charge on any atom is -0.495 e. The van der Waals surface area contributed by atoms with Gasteiger partial charge in [-0.1, -0.05) is 36.0 Å². The molecular weight excluding hydrogens is 440 g/mol. The first-order valence-corrected chi connectivity index (χ1v) is 11.8. The summed E-state index contributed by atoms with van der Waals surface area (Å²) >= 11 is 1.30. The number of para-hydroxylation sites is 4. The molecule has 2 amide bonds. The van der Waals surface area contributed by atoms with Crippen molar-refractivity contribution in [1.29, 1.82) is 0 Å². The number of methoxy groups -OCH3 is 1. The largest absolute Gasteiger partial charge is 0.495 e. The van der Waals surface area contributed by atoms with Crippen molar-refractivity contribution in [2.45, 2.75) is 24.5 Å². The zero-order valence-electron chi connectivity index (χ0n) is 18.2. The minimum atomic E-state index is -0.172. The number of hydrogen-bond donors (Lipinski definition) is 1. The Morgan fingerprint density at radius 3 is 2.55 bits per heavy atom. The fraction of sp³-hybridized carbons (Fsp3) is 0.304. The summed E-state index contributed by atoms with van der Waals surface area (Å²) in [5, 5.41) is 12.1. The maximum Gasteiger partial charge on any atom is 0.242 e. The van der Waals surface area contributed by atoms with Crippen molar-refractivity contribution in [2.24, 2.45) is 0 Å². The third-order valence-corrected chi connectivity index (χ3v) is 6.67. The van der Waals surface area contributed by atoms with Gasteiger partial charge in [0.1, 0.15) is 12.3 Å². The van der Waals surface area contributed by atoms with Crippen molar-refractivity contribution in [2.75, 3.05) is 31.3 Å². The topological polar surface area (TPSA) is 93.8 Å². The molecule has 170 valence electrons. The van der Waals surface area contributed by atoms with Gasteiger partial charge in [0.2, 0.25) is 17.6 Å². The van der Waals surface area contributed by atoms with E-state index in [1.807, 2.05) is 50.3 Å². The fourth-order valence-electron chi connectivity index (χ4n) is 4.15. The Bertz CT molecular complexity index is 1320. The van der Waals surface area contributed by atoms with Gasteiger partial charge in [0.25, 0.3) is 0 Å². The van der Waals surface area contributed by atoms with Gasteiger partial charge in [0.05, 0.1) is 29.6 Å². The number of carbonyl (C=O) groups excluding carboxylic acids is 2. The van der Waals surface area contributed by atoms with E-state index in [4.69, 9.17) is 4.74 Å². The Kier molecular flexibility index (Phi) is 5.91. The quantitative estimate of drug-likeness (QED) is 0.423. The maximum absolute atomic E-state index is 12.8. The van der Waals surface area contributed by atoms with E-state index in [-0.39, 0.29) is 24.1 Å². The highest BCUT2D eigenvalue weighted by atomic mass is 32.2. The van der Waals surface area contributed by atoms with Crippen LogP contribution >= 0.6 is 11.8 Å². The lowest BCUT2D eigenvalue weighted by atomic mass is 10.3. The Labute approximate surface area is 194 Å². The lowest BCUT2D eigenvalue weighted by molar-refractivity contribution is -0.130. The van der Waals surface area contributed by atoms with Crippen LogP contribution in [0.2, 0.25) is 0 Å². The number of likely N-dealkylation sites (tertiary alicyclic amines) is 1. The molecule has 4 aromatic rings. The number of thioether (sulfide) groups is 1. The number of hydrogen-bond acceptors (Lipinski definition) is 6. The van der Waals surface area contributed by atoms with Gasteiger partial charge >= 0.3 is 0 Å². The molecule has 1 N–H and O–H groups in total. The van der Waals surface area contributed by atoms with Gasteiger partial charge in [-0.05, 0) is 37.1 Å². The van der Waals surface area contributed by atoms with Crippen molar-refractivity contribution >= 4 is 46.1 Å². The van der Waals surface area contributed by atoms with Crippen LogP contribution in [0.25, 0.3) is 16.8 Å². The lowest BCUT2D eigenvalue weighted by Crippen LogP contribution is -2.31. The van der Waals surface area contributed by atoms with Crippen LogP contribution in [0.4, 0.5) is 5.69 Å². The van der Waals surface area contributed by atoms with Crippen molar-refractivity contribution in [1.82, 2.24) is 24.1 Å². The number of nitrogens with zero attached hydrogens (tertiary/aromatic N) is 5. The molecule has 5 rings (SSSR count). The van der Waals surface area contributed by atoms with Crippen LogP contribution in [0, 0.1) is 0 Å². The van der Waals surface area contributed by atoms with Crippen molar-refractivity contribution in [3.63, 3.8) is 0 Å². The number of anilines is 1. The molecular formula is C23H24N6O3S. The highest BCUT2D eigenvalue weighted by molar-refractivity contribution is 7.99. The zero-order chi connectivity index (χ0) is 22.8. The van der Waals surface area contributed by atoms with Crippen molar-refractivity contribution in [3.8, 4) is 5.75 Å². The summed E-state index contributed by atoms with van der Waals surface area (Å²) in [6, 6.07) is 15.1. The van der Waals surface area contributed by atoms with E-state index >= 15 is 0 Å². The smallest absolute Gasteiger partial charge is 0.242 e. The first-order valence-electron chi connectivity index (χ1n) is 10.8. The van der Waals surface area contributed by atoms with Crippen LogP contribution < -0.4 is 10.1 Å². The predicted octanol–water partition coefficient (Wildman–Crippen LogP) is 3.05. The Morgan fingerprint density at radius 2 is 1.76 bits per heavy atom. The van der Waals surface area contributed by atoms with E-state index in [0.717, 1.165) is 37.0 Å². The summed E-state index contributed by atoms with van der Waals surface area (Å²) in [6.45, 7) is 1.83. The van der Waals surface area contributed by atoms with E-state index < -0.39 is 0 Å². The first-order chi connectivity index (χ1) is 16.2. The number of rotatable bonds is 7. The summed E-state index contributed by atoms with van der Waals surface area (Å²) < 4.78 is 9.11. The molecule has 0 aliphatic carbocycles. The summed E-state index contributed by atoms with van der Waals surface area (Å²) in [6.07, 6.45) is 2.10. The second kappa shape index (κ2) is 9.14. The Morgan fingerprint density at radius 1 is 1.03 bits per heavy atom. The molecule has 1 saturated heterocycles. The molecule has 3 heterocycles. The van der Waals surface area contributed by atoms with Crippen molar-refractivity contribution in [3.05, 3.63) is 48.5 Å². The van der Waals surface area contributed by atoms with E-state index in [9.17, 15) is 9.59 Å². The Hall–Kier alpha value is -3.53. The van der Waals surface area contributed by atoms with Crippen molar-refractivity contribution < 1.29 is 14.3 Å². The molecule has 0 unspecified atom stereocenters. The molecule has 0 bridgehead atoms. The van der Waals surface area contributed by atoms with Gasteiger partial charge in [0, 0.05) is 13.1 Å². The third kappa shape index (κ3) is 4.13. The molecule has 1 aliphatic heterocycles. The number of imidazole rings is 1. The van der Waals surface area contributed by atoms with Gasteiger partial charge in [-0.3, -0.25) is 18.6 Å². The highest BCUT2D eigenvalue weighted by Crippen LogP contribution is 2.27. The second-order valence-electron chi connectivity index (χ2n) is 7.82. The van der Waals surface area contributed by atoms with E-state index in [2.05, 4.69) is 15.5 Å².